The number of Topliss-reactive ketones (excluding diaryl/α,β-unsaturated/α-hetero) is 1. The molecular weight excluding hydrogens is 880 g/mol. The Kier molecular flexibility index (Phi) is 13.5. The number of rotatable bonds is 13. The van der Waals surface area contributed by atoms with Gasteiger partial charge in [0.2, 0.25) is 5.91 Å². The molecule has 6 aliphatic carbocycles. The maximum absolute atomic E-state index is 14.8. The summed E-state index contributed by atoms with van der Waals surface area (Å²) in [5, 5.41) is 28.2. The molecule has 0 bridgehead atoms. The smallest absolute Gasteiger partial charge is 0.307 e. The van der Waals surface area contributed by atoms with Crippen LogP contribution in [0.5, 0.6) is 5.75 Å². The van der Waals surface area contributed by atoms with Gasteiger partial charge in [-0.05, 0) is 159 Å². The number of carbonyl (C=O) groups is 4. The normalized spacial score (nSPS) is 37.2. The Labute approximate surface area is 411 Å². The number of aliphatic hydroxyl groups is 1. The fourth-order valence-electron chi connectivity index (χ4n) is 16.0. The van der Waals surface area contributed by atoms with Gasteiger partial charge < -0.3 is 35.2 Å². The highest BCUT2D eigenvalue weighted by Gasteiger charge is 2.70. The van der Waals surface area contributed by atoms with Crippen LogP contribution < -0.4 is 15.4 Å². The number of amides is 2. The quantitative estimate of drug-likeness (QED) is 0.141. The van der Waals surface area contributed by atoms with Crippen molar-refractivity contribution in [2.75, 3.05) is 46.4 Å². The maximum Gasteiger partial charge on any atom is 0.307 e. The molecule has 68 heavy (non-hydrogen) atoms. The van der Waals surface area contributed by atoms with Crippen LogP contribution >= 0.6 is 11.6 Å². The van der Waals surface area contributed by atoms with Crippen LogP contribution in [0.4, 0.5) is 0 Å². The molecule has 1 unspecified atom stereocenters. The zero-order chi connectivity index (χ0) is 49.7. The summed E-state index contributed by atoms with van der Waals surface area (Å²) in [6.45, 7) is 28.8. The monoisotopic (exact) mass is 963 g/mol. The van der Waals surface area contributed by atoms with Crippen molar-refractivity contribution in [3.05, 3.63) is 39.9 Å². The number of hydrogen-bond donors (Lipinski definition) is 4. The van der Waals surface area contributed by atoms with Crippen molar-refractivity contribution in [1.82, 2.24) is 20.4 Å². The molecule has 5 saturated carbocycles. The molecule has 13 heteroatoms. The molecule has 11 atom stereocenters. The summed E-state index contributed by atoms with van der Waals surface area (Å²) in [7, 11) is 2.12. The summed E-state index contributed by atoms with van der Waals surface area (Å²) in [5.41, 5.74) is -0.699. The Balaban J connectivity index is 0.990. The van der Waals surface area contributed by atoms with Gasteiger partial charge in [0.1, 0.15) is 17.9 Å². The third kappa shape index (κ3) is 8.37. The van der Waals surface area contributed by atoms with E-state index in [9.17, 15) is 29.4 Å². The van der Waals surface area contributed by atoms with Gasteiger partial charge in [-0.25, -0.2) is 0 Å². The van der Waals surface area contributed by atoms with Crippen LogP contribution in [0.1, 0.15) is 151 Å². The molecule has 7 aliphatic rings. The number of ketones is 1. The first-order chi connectivity index (χ1) is 31.6. The summed E-state index contributed by atoms with van der Waals surface area (Å²) >= 11 is 6.41. The molecule has 1 aromatic carbocycles. The molecule has 1 saturated heterocycles. The van der Waals surface area contributed by atoms with Gasteiger partial charge in [0, 0.05) is 50.1 Å². The van der Waals surface area contributed by atoms with Crippen molar-refractivity contribution in [3.8, 4) is 5.75 Å². The summed E-state index contributed by atoms with van der Waals surface area (Å²) in [5.74, 6) is -0.845. The number of carbonyl (C=O) groups excluding carboxylic acids is 3. The van der Waals surface area contributed by atoms with Crippen LogP contribution in [0.2, 0.25) is 5.02 Å². The van der Waals surface area contributed by atoms with Gasteiger partial charge in [-0.15, -0.1) is 0 Å². The molecule has 1 heterocycles. The van der Waals surface area contributed by atoms with Crippen molar-refractivity contribution in [2.24, 2.45) is 62.6 Å². The van der Waals surface area contributed by atoms with Crippen LogP contribution in [0.3, 0.4) is 0 Å². The van der Waals surface area contributed by atoms with Gasteiger partial charge >= 0.3 is 5.97 Å². The van der Waals surface area contributed by atoms with Gasteiger partial charge in [0.05, 0.1) is 23.1 Å². The molecule has 4 N–H and O–H groups in total. The number of ether oxygens (including phenoxy) is 2. The number of carboxylic acid groups (broad SMARTS) is 1. The third-order valence-electron chi connectivity index (χ3n) is 20.5. The second-order valence-corrected chi connectivity index (χ2v) is 25.8. The average Bonchev–Trinajstić information content (AvgIpc) is 3.53. The van der Waals surface area contributed by atoms with Crippen molar-refractivity contribution < 1.29 is 38.9 Å². The Morgan fingerprint density at radius 3 is 2.24 bits per heavy atom. The van der Waals surface area contributed by atoms with E-state index >= 15 is 0 Å². The number of halogens is 1. The lowest BCUT2D eigenvalue weighted by Crippen LogP contribution is -2.68. The molecule has 0 aromatic heterocycles. The van der Waals surface area contributed by atoms with Crippen LogP contribution in [-0.2, 0) is 19.1 Å². The number of nitrogens with one attached hydrogen (secondary N) is 2. The van der Waals surface area contributed by atoms with E-state index < -0.39 is 40.6 Å². The Morgan fingerprint density at radius 2 is 1.59 bits per heavy atom. The largest absolute Gasteiger partial charge is 0.491 e. The Morgan fingerprint density at radius 1 is 0.897 bits per heavy atom. The SMILES string of the molecule is CC(C)C1=C2[C@H]3CC[C@@H]4[C@@]5(C)CC[C@H](OC(O)[C@H]6C[C@@H](C(=O)O)C6(C)C)C(C)(C)[C@@H]5CC[C@@]4(C)[C@]3(C)CC[C@@]2(NC(=O)C(C)(C)NC(=O)c2ccc(Cl)cc2OCCN2CCN(C)CC2)CC1=O. The van der Waals surface area contributed by atoms with E-state index in [1.165, 1.54) is 0 Å². The van der Waals surface area contributed by atoms with Crippen LogP contribution in [-0.4, -0.2) is 113 Å². The van der Waals surface area contributed by atoms with E-state index in [0.717, 1.165) is 88.8 Å². The standard InChI is InChI=1S/C55H83ClN4O8/c1-32(2)43-38(61)31-55(58-48(66)51(7,8)57-45(62)34-14-13-33(56)29-39(34)67-28-27-60-25-23-59(12)24-26-60)22-21-53(10)35(44(43)55)15-16-41-52(9)19-18-42(50(5,6)40(52)17-20-54(41,53)11)68-47(65)37-30-36(46(63)64)49(37,3)4/h13-14,29,32,35-37,40-42,47,65H,15-28,30-31H2,1-12H3,(H,57,62)(H,58,66)(H,63,64)/t35-,36+,37-,40+,41-,42+,47?,52+,53-,54-,55-/m1/s1. The number of hydrogen-bond acceptors (Lipinski definition) is 9. The van der Waals surface area contributed by atoms with E-state index in [4.69, 9.17) is 21.1 Å². The molecule has 12 nitrogen and oxygen atoms in total. The average molecular weight is 964 g/mol. The van der Waals surface area contributed by atoms with Crippen molar-refractivity contribution in [2.45, 2.75) is 164 Å². The molecular formula is C55H83ClN4O8. The second kappa shape index (κ2) is 17.9. The van der Waals surface area contributed by atoms with Crippen molar-refractivity contribution in [1.29, 1.82) is 0 Å². The second-order valence-electron chi connectivity index (χ2n) is 25.4. The van der Waals surface area contributed by atoms with E-state index in [2.05, 4.69) is 75.9 Å². The molecule has 2 amide bonds. The third-order valence-corrected chi connectivity index (χ3v) is 20.7. The molecule has 6 fully saturated rings. The number of aliphatic carboxylic acids is 1. The number of piperazine rings is 1. The zero-order valence-corrected chi connectivity index (χ0v) is 44.0. The zero-order valence-electron chi connectivity index (χ0n) is 43.3. The highest BCUT2D eigenvalue weighted by Crippen LogP contribution is 2.76. The first-order valence-corrected chi connectivity index (χ1v) is 26.3. The number of fused-ring (bicyclic) bond motifs is 7. The molecule has 378 valence electrons. The topological polar surface area (TPSA) is 158 Å². The van der Waals surface area contributed by atoms with Gasteiger partial charge in [-0.3, -0.25) is 24.1 Å². The number of likely N-dealkylation sites (N-methyl/N-ethyl adjacent to an activating group) is 1. The van der Waals surface area contributed by atoms with Gasteiger partial charge in [0.15, 0.2) is 12.1 Å². The van der Waals surface area contributed by atoms with Crippen LogP contribution in [0.15, 0.2) is 29.3 Å². The minimum Gasteiger partial charge on any atom is -0.491 e. The number of allylic oxidation sites excluding steroid dienone is 1. The van der Waals surface area contributed by atoms with E-state index in [-0.39, 0.29) is 63.6 Å². The predicted octanol–water partition coefficient (Wildman–Crippen LogP) is 8.77. The van der Waals surface area contributed by atoms with Gasteiger partial charge in [-0.2, -0.15) is 0 Å². The van der Waals surface area contributed by atoms with Gasteiger partial charge in [0.25, 0.3) is 5.91 Å². The fourth-order valence-corrected chi connectivity index (χ4v) is 16.2. The molecule has 1 aromatic rings. The Bertz CT molecular complexity index is 2200. The summed E-state index contributed by atoms with van der Waals surface area (Å²) < 4.78 is 12.8. The lowest BCUT2D eigenvalue weighted by molar-refractivity contribution is -0.280. The fraction of sp³-hybridized carbons (Fsp3) is 0.782. The van der Waals surface area contributed by atoms with Crippen LogP contribution in [0, 0.1) is 62.6 Å². The summed E-state index contributed by atoms with van der Waals surface area (Å²) in [4.78, 5) is 59.8. The van der Waals surface area contributed by atoms with Crippen molar-refractivity contribution in [3.63, 3.8) is 0 Å². The highest BCUT2D eigenvalue weighted by atomic mass is 35.5. The lowest BCUT2D eigenvalue weighted by atomic mass is 9.33. The summed E-state index contributed by atoms with van der Waals surface area (Å²) in [6, 6.07) is 4.97. The van der Waals surface area contributed by atoms with E-state index in [0.29, 0.717) is 47.6 Å². The maximum atomic E-state index is 14.8. The van der Waals surface area contributed by atoms with E-state index in [1.807, 2.05) is 13.8 Å². The first-order valence-electron chi connectivity index (χ1n) is 26.0. The number of benzene rings is 1. The number of aliphatic hydroxyl groups excluding tert-OH is 1. The lowest BCUT2D eigenvalue weighted by Gasteiger charge is -2.72. The number of carboxylic acids is 1. The molecule has 8 rings (SSSR count). The molecule has 1 aliphatic heterocycles. The number of nitrogens with zero attached hydrogens (tertiary/aromatic N) is 2. The Hall–Kier alpha value is -3.03. The minimum absolute atomic E-state index is 0.00310. The van der Waals surface area contributed by atoms with Gasteiger partial charge in [-0.1, -0.05) is 73.9 Å². The minimum atomic E-state index is -1.32. The predicted molar refractivity (Wildman–Crippen MR) is 264 cm³/mol. The van der Waals surface area contributed by atoms with Crippen molar-refractivity contribution >= 4 is 35.2 Å². The summed E-state index contributed by atoms with van der Waals surface area (Å²) in [6.07, 6.45) is 6.91. The molecule has 0 radical (unpaired) electrons. The van der Waals surface area contributed by atoms with Crippen LogP contribution in [0.25, 0.3) is 0 Å². The van der Waals surface area contributed by atoms with E-state index in [1.54, 1.807) is 32.0 Å². The molecule has 0 spiro atoms. The highest BCUT2D eigenvalue weighted by molar-refractivity contribution is 6.30. The first kappa shape index (κ1) is 51.3.